The average Bonchev–Trinajstić information content (AvgIpc) is 2.32. The molecule has 1 heterocycles. The second kappa shape index (κ2) is 5.13. The number of halogens is 2. The van der Waals surface area contributed by atoms with Gasteiger partial charge in [0.25, 0.3) is 0 Å². The molecule has 4 nitrogen and oxygen atoms in total. The summed E-state index contributed by atoms with van der Waals surface area (Å²) in [6.07, 6.45) is 1.38. The molecular formula is C11H6BrClN4. The van der Waals surface area contributed by atoms with Crippen molar-refractivity contribution < 1.29 is 0 Å². The highest BCUT2D eigenvalue weighted by atomic mass is 79.9. The van der Waals surface area contributed by atoms with Crippen molar-refractivity contribution in [2.24, 2.45) is 0 Å². The average molecular weight is 310 g/mol. The Balaban J connectivity index is 2.28. The van der Waals surface area contributed by atoms with Crippen molar-refractivity contribution in [3.05, 3.63) is 45.8 Å². The Hall–Kier alpha value is -1.64. The summed E-state index contributed by atoms with van der Waals surface area (Å²) in [6, 6.07) is 8.92. The Labute approximate surface area is 111 Å². The first-order valence-electron chi connectivity index (χ1n) is 4.63. The van der Waals surface area contributed by atoms with Gasteiger partial charge < -0.3 is 5.32 Å². The summed E-state index contributed by atoms with van der Waals surface area (Å²) >= 11 is 9.13. The summed E-state index contributed by atoms with van der Waals surface area (Å²) in [5.74, 6) is 0.593. The van der Waals surface area contributed by atoms with Crippen molar-refractivity contribution in [1.29, 1.82) is 5.26 Å². The second-order valence-electron chi connectivity index (χ2n) is 3.16. The fourth-order valence-corrected chi connectivity index (χ4v) is 1.85. The second-order valence-corrected chi connectivity index (χ2v) is 4.40. The van der Waals surface area contributed by atoms with Gasteiger partial charge in [-0.1, -0.05) is 11.6 Å². The highest BCUT2D eigenvalue weighted by molar-refractivity contribution is 9.10. The Kier molecular flexibility index (Phi) is 3.57. The minimum Gasteiger partial charge on any atom is -0.339 e. The van der Waals surface area contributed by atoms with Gasteiger partial charge in [0.1, 0.15) is 17.3 Å². The molecule has 0 saturated heterocycles. The van der Waals surface area contributed by atoms with Crippen molar-refractivity contribution in [3.63, 3.8) is 0 Å². The van der Waals surface area contributed by atoms with E-state index in [-0.39, 0.29) is 0 Å². The van der Waals surface area contributed by atoms with Crippen molar-refractivity contribution in [2.45, 2.75) is 0 Å². The van der Waals surface area contributed by atoms with Gasteiger partial charge in [0, 0.05) is 10.5 Å². The maximum Gasteiger partial charge on any atom is 0.135 e. The van der Waals surface area contributed by atoms with Crippen LogP contribution >= 0.6 is 27.5 Å². The van der Waals surface area contributed by atoms with Gasteiger partial charge in [-0.2, -0.15) is 5.26 Å². The lowest BCUT2D eigenvalue weighted by Crippen LogP contribution is -1.95. The van der Waals surface area contributed by atoms with Gasteiger partial charge in [0.2, 0.25) is 0 Å². The molecule has 1 N–H and O–H groups in total. The lowest BCUT2D eigenvalue weighted by molar-refractivity contribution is 1.17. The first-order valence-corrected chi connectivity index (χ1v) is 5.80. The Morgan fingerprint density at radius 3 is 2.76 bits per heavy atom. The molecule has 0 fully saturated rings. The van der Waals surface area contributed by atoms with E-state index in [2.05, 4.69) is 37.3 Å². The van der Waals surface area contributed by atoms with Crippen LogP contribution in [0.5, 0.6) is 0 Å². The Morgan fingerprint density at radius 2 is 2.12 bits per heavy atom. The molecule has 0 bridgehead atoms. The highest BCUT2D eigenvalue weighted by Gasteiger charge is 2.03. The van der Waals surface area contributed by atoms with E-state index >= 15 is 0 Å². The largest absolute Gasteiger partial charge is 0.339 e. The fraction of sp³-hybridized carbons (Fsp3) is 0. The van der Waals surface area contributed by atoms with Gasteiger partial charge in [-0.3, -0.25) is 0 Å². The third kappa shape index (κ3) is 2.93. The Morgan fingerprint density at radius 1 is 1.29 bits per heavy atom. The predicted molar refractivity (Wildman–Crippen MR) is 69.2 cm³/mol. The number of hydrogen-bond donors (Lipinski definition) is 1. The maximum atomic E-state index is 8.75. The van der Waals surface area contributed by atoms with Crippen LogP contribution in [0.3, 0.4) is 0 Å². The number of hydrogen-bond acceptors (Lipinski definition) is 4. The molecular weight excluding hydrogens is 304 g/mol. The van der Waals surface area contributed by atoms with Crippen molar-refractivity contribution >= 4 is 39.0 Å². The predicted octanol–water partition coefficient (Wildman–Crippen LogP) is 3.51. The molecule has 0 saturated carbocycles. The van der Waals surface area contributed by atoms with E-state index in [0.29, 0.717) is 16.5 Å². The van der Waals surface area contributed by atoms with Gasteiger partial charge in [0.05, 0.1) is 17.3 Å². The summed E-state index contributed by atoms with van der Waals surface area (Å²) in [6.45, 7) is 0. The summed E-state index contributed by atoms with van der Waals surface area (Å²) in [5.41, 5.74) is 1.39. The lowest BCUT2D eigenvalue weighted by atomic mass is 10.2. The van der Waals surface area contributed by atoms with E-state index in [9.17, 15) is 0 Å². The molecule has 0 aliphatic heterocycles. The van der Waals surface area contributed by atoms with Crippen molar-refractivity contribution in [1.82, 2.24) is 9.97 Å². The third-order valence-corrected chi connectivity index (χ3v) is 2.86. The zero-order valence-corrected chi connectivity index (χ0v) is 10.8. The summed E-state index contributed by atoms with van der Waals surface area (Å²) in [4.78, 5) is 7.82. The van der Waals surface area contributed by atoms with Gasteiger partial charge in [-0.15, -0.1) is 0 Å². The number of aromatic nitrogens is 2. The maximum absolute atomic E-state index is 8.75. The van der Waals surface area contributed by atoms with Crippen LogP contribution < -0.4 is 5.32 Å². The molecule has 0 spiro atoms. The van der Waals surface area contributed by atoms with E-state index < -0.39 is 0 Å². The summed E-state index contributed by atoms with van der Waals surface area (Å²) in [5, 5.41) is 12.2. The van der Waals surface area contributed by atoms with Gasteiger partial charge in [-0.25, -0.2) is 9.97 Å². The van der Waals surface area contributed by atoms with Crippen LogP contribution in [0.15, 0.2) is 35.1 Å². The molecule has 1 aromatic heterocycles. The van der Waals surface area contributed by atoms with Gasteiger partial charge >= 0.3 is 0 Å². The van der Waals surface area contributed by atoms with Crippen LogP contribution in [-0.4, -0.2) is 9.97 Å². The van der Waals surface area contributed by atoms with E-state index in [1.54, 1.807) is 24.3 Å². The number of nitrogens with one attached hydrogen (secondary N) is 1. The molecule has 0 unspecified atom stereocenters. The molecule has 0 amide bonds. The topological polar surface area (TPSA) is 61.6 Å². The molecule has 2 aromatic rings. The standard InChI is InChI=1S/C11H6BrClN4/c12-8-3-7(5-14)1-2-9(8)17-11-4-10(13)15-6-16-11/h1-4,6H,(H,15,16,17). The molecule has 0 aliphatic carbocycles. The number of nitrogens with zero attached hydrogens (tertiary/aromatic N) is 3. The van der Waals surface area contributed by atoms with Crippen molar-refractivity contribution in [3.8, 4) is 6.07 Å². The number of anilines is 2. The van der Waals surface area contributed by atoms with Crippen LogP contribution in [-0.2, 0) is 0 Å². The SMILES string of the molecule is N#Cc1ccc(Nc2cc(Cl)ncn2)c(Br)c1. The van der Waals surface area contributed by atoms with E-state index in [1.807, 2.05) is 0 Å². The zero-order valence-electron chi connectivity index (χ0n) is 8.48. The van der Waals surface area contributed by atoms with E-state index in [0.717, 1.165) is 10.2 Å². The molecule has 0 aliphatic rings. The number of nitriles is 1. The normalized spacial score (nSPS) is 9.71. The van der Waals surface area contributed by atoms with Crippen LogP contribution in [0.25, 0.3) is 0 Å². The third-order valence-electron chi connectivity index (χ3n) is 1.99. The van der Waals surface area contributed by atoms with Crippen LogP contribution in [0.2, 0.25) is 5.15 Å². The Bertz CT molecular complexity index is 594. The minimum absolute atomic E-state index is 0.368. The van der Waals surface area contributed by atoms with Gasteiger partial charge in [0.15, 0.2) is 0 Å². The fourth-order valence-electron chi connectivity index (χ4n) is 1.23. The first kappa shape index (κ1) is 11.8. The molecule has 2 rings (SSSR count). The highest BCUT2D eigenvalue weighted by Crippen LogP contribution is 2.26. The molecule has 6 heteroatoms. The van der Waals surface area contributed by atoms with E-state index in [4.69, 9.17) is 16.9 Å². The number of benzene rings is 1. The molecule has 17 heavy (non-hydrogen) atoms. The van der Waals surface area contributed by atoms with Gasteiger partial charge in [-0.05, 0) is 34.1 Å². The smallest absolute Gasteiger partial charge is 0.135 e. The monoisotopic (exact) mass is 308 g/mol. The van der Waals surface area contributed by atoms with E-state index in [1.165, 1.54) is 6.33 Å². The summed E-state index contributed by atoms with van der Waals surface area (Å²) in [7, 11) is 0. The minimum atomic E-state index is 0.368. The quantitative estimate of drug-likeness (QED) is 0.862. The zero-order chi connectivity index (χ0) is 12.3. The number of rotatable bonds is 2. The van der Waals surface area contributed by atoms with Crippen LogP contribution in [0.4, 0.5) is 11.5 Å². The molecule has 0 atom stereocenters. The summed E-state index contributed by atoms with van der Waals surface area (Å²) < 4.78 is 0.784. The first-order chi connectivity index (χ1) is 8.19. The lowest BCUT2D eigenvalue weighted by Gasteiger charge is -2.07. The van der Waals surface area contributed by atoms with Crippen LogP contribution in [0, 0.1) is 11.3 Å². The molecule has 84 valence electrons. The molecule has 1 aromatic carbocycles. The van der Waals surface area contributed by atoms with Crippen molar-refractivity contribution in [2.75, 3.05) is 5.32 Å². The van der Waals surface area contributed by atoms with Crippen LogP contribution in [0.1, 0.15) is 5.56 Å². The molecule has 0 radical (unpaired) electrons.